The fourth-order valence-corrected chi connectivity index (χ4v) is 2.81. The number of rotatable bonds is 5. The molecule has 2 amide bonds. The van der Waals surface area contributed by atoms with Crippen LogP contribution >= 0.6 is 0 Å². The summed E-state index contributed by atoms with van der Waals surface area (Å²) in [5.41, 5.74) is 4.42. The van der Waals surface area contributed by atoms with Gasteiger partial charge in [-0.15, -0.1) is 0 Å². The van der Waals surface area contributed by atoms with Gasteiger partial charge < -0.3 is 10.6 Å². The maximum Gasteiger partial charge on any atom is 0.255 e. The summed E-state index contributed by atoms with van der Waals surface area (Å²) in [5, 5.41) is 5.78. The van der Waals surface area contributed by atoms with Crippen LogP contribution < -0.4 is 10.6 Å². The summed E-state index contributed by atoms with van der Waals surface area (Å²) in [5.74, 6) is -0.510. The van der Waals surface area contributed by atoms with Crippen molar-refractivity contribution in [3.63, 3.8) is 0 Å². The van der Waals surface area contributed by atoms with Crippen molar-refractivity contribution in [2.24, 2.45) is 0 Å². The third-order valence-electron chi connectivity index (χ3n) is 4.23. The molecule has 0 unspecified atom stereocenters. The molecule has 3 aromatic rings. The number of nitrogens with zero attached hydrogens (tertiary/aromatic N) is 1. The van der Waals surface area contributed by atoms with E-state index in [9.17, 15) is 9.59 Å². The average molecular weight is 359 g/mol. The molecule has 0 aliphatic carbocycles. The summed E-state index contributed by atoms with van der Waals surface area (Å²) in [6.45, 7) is 4.30. The molecule has 5 heteroatoms. The van der Waals surface area contributed by atoms with E-state index >= 15 is 0 Å². The van der Waals surface area contributed by atoms with Gasteiger partial charge in [-0.25, -0.2) is 0 Å². The van der Waals surface area contributed by atoms with Gasteiger partial charge in [-0.05, 0) is 43.2 Å². The number of benzene rings is 2. The molecule has 2 aromatic carbocycles. The van der Waals surface area contributed by atoms with E-state index in [2.05, 4.69) is 15.6 Å². The third kappa shape index (κ3) is 4.58. The largest absolute Gasteiger partial charge is 0.348 e. The number of carbonyl (C=O) groups is 2. The average Bonchev–Trinajstić information content (AvgIpc) is 2.68. The van der Waals surface area contributed by atoms with Crippen LogP contribution in [0.4, 0.5) is 5.69 Å². The van der Waals surface area contributed by atoms with Crippen LogP contribution in [0.5, 0.6) is 0 Å². The molecule has 2 N–H and O–H groups in total. The lowest BCUT2D eigenvalue weighted by Gasteiger charge is -2.14. The van der Waals surface area contributed by atoms with Crippen molar-refractivity contribution in [2.45, 2.75) is 20.4 Å². The lowest BCUT2D eigenvalue weighted by molar-refractivity contribution is 0.0951. The Morgan fingerprint density at radius 1 is 0.926 bits per heavy atom. The number of hydrogen-bond donors (Lipinski definition) is 2. The van der Waals surface area contributed by atoms with Crippen molar-refractivity contribution in [3.05, 3.63) is 94.8 Å². The van der Waals surface area contributed by atoms with Crippen LogP contribution in [0.2, 0.25) is 0 Å². The van der Waals surface area contributed by atoms with Gasteiger partial charge in [0.2, 0.25) is 0 Å². The van der Waals surface area contributed by atoms with Crippen LogP contribution in [0.25, 0.3) is 0 Å². The van der Waals surface area contributed by atoms with Gasteiger partial charge in [0, 0.05) is 24.5 Å². The van der Waals surface area contributed by atoms with Gasteiger partial charge >= 0.3 is 0 Å². The molecule has 0 aliphatic heterocycles. The Hall–Kier alpha value is -3.47. The van der Waals surface area contributed by atoms with Crippen LogP contribution in [0.15, 0.2) is 67.0 Å². The van der Waals surface area contributed by atoms with E-state index in [1.54, 1.807) is 36.7 Å². The summed E-state index contributed by atoms with van der Waals surface area (Å²) >= 11 is 0. The molecular formula is C22H21N3O2. The number of carbonyl (C=O) groups excluding carboxylic acids is 2. The number of anilines is 1. The van der Waals surface area contributed by atoms with Crippen molar-refractivity contribution in [1.82, 2.24) is 10.3 Å². The minimum atomic E-state index is -0.278. The van der Waals surface area contributed by atoms with Gasteiger partial charge in [-0.2, -0.15) is 0 Å². The molecule has 1 aromatic heterocycles. The van der Waals surface area contributed by atoms with E-state index in [1.807, 2.05) is 44.2 Å². The monoisotopic (exact) mass is 359 g/mol. The summed E-state index contributed by atoms with van der Waals surface area (Å²) < 4.78 is 0. The van der Waals surface area contributed by atoms with Crippen molar-refractivity contribution in [3.8, 4) is 0 Å². The summed E-state index contributed by atoms with van der Waals surface area (Å²) in [6.07, 6.45) is 3.12. The maximum absolute atomic E-state index is 12.7. The highest BCUT2D eigenvalue weighted by Gasteiger charge is 2.16. The maximum atomic E-state index is 12.7. The molecule has 3 rings (SSSR count). The quantitative estimate of drug-likeness (QED) is 0.726. The first-order valence-electron chi connectivity index (χ1n) is 8.69. The highest BCUT2D eigenvalue weighted by molar-refractivity contribution is 6.09. The minimum absolute atomic E-state index is 0.231. The van der Waals surface area contributed by atoms with Crippen molar-refractivity contribution in [1.29, 1.82) is 0 Å². The van der Waals surface area contributed by atoms with Crippen molar-refractivity contribution < 1.29 is 9.59 Å². The Labute approximate surface area is 158 Å². The molecule has 0 saturated carbocycles. The van der Waals surface area contributed by atoms with Gasteiger partial charge in [-0.1, -0.05) is 42.0 Å². The first-order valence-corrected chi connectivity index (χ1v) is 8.69. The Kier molecular flexibility index (Phi) is 5.61. The van der Waals surface area contributed by atoms with Gasteiger partial charge in [0.1, 0.15) is 0 Å². The van der Waals surface area contributed by atoms with Crippen LogP contribution in [0.1, 0.15) is 37.4 Å². The number of aromatic nitrogens is 1. The second-order valence-corrected chi connectivity index (χ2v) is 6.36. The van der Waals surface area contributed by atoms with E-state index in [-0.39, 0.29) is 11.8 Å². The molecule has 5 nitrogen and oxygen atoms in total. The topological polar surface area (TPSA) is 71.1 Å². The number of pyridine rings is 1. The SMILES string of the molecule is Cc1cccc(CNC(=O)c2cccc(C)c2NC(=O)c2ccncc2)c1. The summed E-state index contributed by atoms with van der Waals surface area (Å²) in [7, 11) is 0. The van der Waals surface area contributed by atoms with E-state index in [1.165, 1.54) is 0 Å². The highest BCUT2D eigenvalue weighted by Crippen LogP contribution is 2.21. The van der Waals surface area contributed by atoms with Crippen LogP contribution in [-0.4, -0.2) is 16.8 Å². The zero-order chi connectivity index (χ0) is 19.2. The van der Waals surface area contributed by atoms with Crippen molar-refractivity contribution >= 4 is 17.5 Å². The lowest BCUT2D eigenvalue weighted by Crippen LogP contribution is -2.25. The molecule has 0 radical (unpaired) electrons. The van der Waals surface area contributed by atoms with E-state index in [0.717, 1.165) is 16.7 Å². The smallest absolute Gasteiger partial charge is 0.255 e. The summed E-state index contributed by atoms with van der Waals surface area (Å²) in [6, 6.07) is 16.6. The molecule has 0 atom stereocenters. The Morgan fingerprint density at radius 3 is 2.41 bits per heavy atom. The fraction of sp³-hybridized carbons (Fsp3) is 0.136. The zero-order valence-electron chi connectivity index (χ0n) is 15.3. The van der Waals surface area contributed by atoms with E-state index in [4.69, 9.17) is 0 Å². The molecule has 0 aliphatic rings. The minimum Gasteiger partial charge on any atom is -0.348 e. The van der Waals surface area contributed by atoms with E-state index in [0.29, 0.717) is 23.4 Å². The van der Waals surface area contributed by atoms with Gasteiger partial charge in [0.05, 0.1) is 11.3 Å². The standard InChI is InChI=1S/C22H21N3O2/c1-15-5-3-7-17(13-15)14-24-22(27)19-8-4-6-16(2)20(19)25-21(26)18-9-11-23-12-10-18/h3-13H,14H2,1-2H3,(H,24,27)(H,25,26). The second kappa shape index (κ2) is 8.27. The predicted octanol–water partition coefficient (Wildman–Crippen LogP) is 3.88. The van der Waals surface area contributed by atoms with Crippen LogP contribution in [0, 0.1) is 13.8 Å². The Bertz CT molecular complexity index is 968. The first kappa shape index (κ1) is 18.3. The second-order valence-electron chi connectivity index (χ2n) is 6.36. The highest BCUT2D eigenvalue weighted by atomic mass is 16.2. The normalized spacial score (nSPS) is 10.3. The molecule has 136 valence electrons. The Morgan fingerprint density at radius 2 is 1.67 bits per heavy atom. The fourth-order valence-electron chi connectivity index (χ4n) is 2.81. The third-order valence-corrected chi connectivity index (χ3v) is 4.23. The first-order chi connectivity index (χ1) is 13.0. The van der Waals surface area contributed by atoms with E-state index < -0.39 is 0 Å². The molecule has 0 spiro atoms. The molecule has 27 heavy (non-hydrogen) atoms. The predicted molar refractivity (Wildman–Crippen MR) is 106 cm³/mol. The lowest BCUT2D eigenvalue weighted by atomic mass is 10.1. The molecule has 0 bridgehead atoms. The molecule has 0 saturated heterocycles. The molecule has 0 fully saturated rings. The molecule has 1 heterocycles. The Balaban J connectivity index is 1.78. The molecular weight excluding hydrogens is 338 g/mol. The summed E-state index contributed by atoms with van der Waals surface area (Å²) in [4.78, 5) is 29.1. The number of amides is 2. The van der Waals surface area contributed by atoms with Gasteiger partial charge in [0.25, 0.3) is 11.8 Å². The number of nitrogens with one attached hydrogen (secondary N) is 2. The number of aryl methyl sites for hydroxylation is 2. The van der Waals surface area contributed by atoms with Gasteiger partial charge in [0.15, 0.2) is 0 Å². The van der Waals surface area contributed by atoms with Crippen LogP contribution in [-0.2, 0) is 6.54 Å². The van der Waals surface area contributed by atoms with Crippen LogP contribution in [0.3, 0.4) is 0 Å². The zero-order valence-corrected chi connectivity index (χ0v) is 15.3. The number of hydrogen-bond acceptors (Lipinski definition) is 3. The number of para-hydroxylation sites is 1. The van der Waals surface area contributed by atoms with Crippen molar-refractivity contribution in [2.75, 3.05) is 5.32 Å². The van der Waals surface area contributed by atoms with Gasteiger partial charge in [-0.3, -0.25) is 14.6 Å².